The molecule has 1 aromatic carbocycles. The molecule has 0 amide bonds. The second-order valence-electron chi connectivity index (χ2n) is 4.31. The molecule has 4 nitrogen and oxygen atoms in total. The van der Waals surface area contributed by atoms with E-state index >= 15 is 0 Å². The van der Waals surface area contributed by atoms with Crippen molar-refractivity contribution in [2.45, 2.75) is 37.1 Å². The maximum absolute atomic E-state index is 13.4. The first-order valence-corrected chi connectivity index (χ1v) is 7.27. The molecule has 0 radical (unpaired) electrons. The number of benzene rings is 1. The fourth-order valence-corrected chi connectivity index (χ4v) is 2.90. The fraction of sp³-hybridized carbons (Fsp3) is 0.417. The van der Waals surface area contributed by atoms with Crippen LogP contribution in [0.5, 0.6) is 0 Å². The Morgan fingerprint density at radius 1 is 1.44 bits per heavy atom. The van der Waals surface area contributed by atoms with E-state index in [1.165, 1.54) is 6.07 Å². The molecule has 0 aromatic heterocycles. The monoisotopic (exact) mass is 271 g/mol. The zero-order chi connectivity index (χ0) is 13.3. The number of hydrogen-bond acceptors (Lipinski definition) is 3. The number of rotatable bonds is 5. The highest BCUT2D eigenvalue weighted by atomic mass is 32.2. The Balaban J connectivity index is 2.36. The van der Waals surface area contributed by atoms with Crippen LogP contribution < -0.4 is 4.72 Å². The zero-order valence-corrected chi connectivity index (χ0v) is 10.8. The van der Waals surface area contributed by atoms with Crippen molar-refractivity contribution in [1.82, 2.24) is 4.72 Å². The van der Waals surface area contributed by atoms with Gasteiger partial charge >= 0.3 is 0 Å². The molecule has 0 saturated heterocycles. The van der Waals surface area contributed by atoms with Crippen molar-refractivity contribution in [3.8, 4) is 0 Å². The van der Waals surface area contributed by atoms with Crippen LogP contribution in [0.3, 0.4) is 0 Å². The molecule has 0 heterocycles. The number of hydrogen-bond donors (Lipinski definition) is 1. The molecule has 6 heteroatoms. The van der Waals surface area contributed by atoms with Crippen molar-refractivity contribution in [3.05, 3.63) is 29.6 Å². The van der Waals surface area contributed by atoms with E-state index in [0.29, 0.717) is 0 Å². The lowest BCUT2D eigenvalue weighted by molar-refractivity contribution is 0.0984. The molecule has 2 rings (SSSR count). The number of ketones is 1. The first-order valence-electron chi connectivity index (χ1n) is 5.79. The molecule has 0 spiro atoms. The molecule has 0 atom stereocenters. The molecule has 1 saturated carbocycles. The van der Waals surface area contributed by atoms with Crippen LogP contribution in [0.2, 0.25) is 0 Å². The Morgan fingerprint density at radius 3 is 2.67 bits per heavy atom. The van der Waals surface area contributed by atoms with Crippen LogP contribution in [0.25, 0.3) is 0 Å². The average molecular weight is 271 g/mol. The SMILES string of the molecule is CCC(=O)c1cc(S(=O)(=O)NC2CC2)ccc1F. The summed E-state index contributed by atoms with van der Waals surface area (Å²) in [5.74, 6) is -1.09. The van der Waals surface area contributed by atoms with E-state index < -0.39 is 21.6 Å². The summed E-state index contributed by atoms with van der Waals surface area (Å²) in [4.78, 5) is 11.4. The number of nitrogens with one attached hydrogen (secondary N) is 1. The summed E-state index contributed by atoms with van der Waals surface area (Å²) in [6.45, 7) is 1.60. The fourth-order valence-electron chi connectivity index (χ4n) is 1.56. The van der Waals surface area contributed by atoms with Gasteiger partial charge in [-0.25, -0.2) is 17.5 Å². The number of carbonyl (C=O) groups excluding carboxylic acids is 1. The standard InChI is InChI=1S/C12H14FNO3S/c1-2-12(15)10-7-9(5-6-11(10)13)18(16,17)14-8-3-4-8/h5-8,14H,2-4H2,1H3. The van der Waals surface area contributed by atoms with E-state index in [1.807, 2.05) is 0 Å². The van der Waals surface area contributed by atoms with Crippen molar-refractivity contribution in [1.29, 1.82) is 0 Å². The minimum atomic E-state index is -3.65. The highest BCUT2D eigenvalue weighted by Gasteiger charge is 2.28. The van der Waals surface area contributed by atoms with E-state index in [2.05, 4.69) is 4.72 Å². The minimum absolute atomic E-state index is 0.0228. The van der Waals surface area contributed by atoms with Crippen molar-refractivity contribution in [2.24, 2.45) is 0 Å². The van der Waals surface area contributed by atoms with E-state index in [0.717, 1.165) is 25.0 Å². The molecule has 0 unspecified atom stereocenters. The number of Topliss-reactive ketones (excluding diaryl/α,β-unsaturated/α-hetero) is 1. The van der Waals surface area contributed by atoms with Gasteiger partial charge in [-0.15, -0.1) is 0 Å². The quantitative estimate of drug-likeness (QED) is 0.831. The topological polar surface area (TPSA) is 63.2 Å². The predicted molar refractivity (Wildman–Crippen MR) is 64.4 cm³/mol. The molecule has 1 aliphatic rings. The van der Waals surface area contributed by atoms with Gasteiger partial charge in [0.2, 0.25) is 10.0 Å². The van der Waals surface area contributed by atoms with Gasteiger partial charge in [0.15, 0.2) is 5.78 Å². The summed E-state index contributed by atoms with van der Waals surface area (Å²) in [7, 11) is -3.65. The Kier molecular flexibility index (Phi) is 3.49. The predicted octanol–water partition coefficient (Wildman–Crippen LogP) is 1.86. The zero-order valence-electron chi connectivity index (χ0n) is 9.94. The minimum Gasteiger partial charge on any atom is -0.294 e. The summed E-state index contributed by atoms with van der Waals surface area (Å²) in [6.07, 6.45) is 1.78. The highest BCUT2D eigenvalue weighted by molar-refractivity contribution is 7.89. The molecule has 1 aromatic rings. The second kappa shape index (κ2) is 4.78. The molecule has 1 N–H and O–H groups in total. The highest BCUT2D eigenvalue weighted by Crippen LogP contribution is 2.23. The van der Waals surface area contributed by atoms with Crippen LogP contribution in [0, 0.1) is 5.82 Å². The molecule has 0 bridgehead atoms. The average Bonchev–Trinajstić information content (AvgIpc) is 3.11. The summed E-state index contributed by atoms with van der Waals surface area (Å²) < 4.78 is 39.7. The third-order valence-electron chi connectivity index (χ3n) is 2.77. The summed E-state index contributed by atoms with van der Waals surface area (Å²) >= 11 is 0. The van der Waals surface area contributed by atoms with Crippen LogP contribution in [-0.2, 0) is 10.0 Å². The smallest absolute Gasteiger partial charge is 0.240 e. The van der Waals surface area contributed by atoms with Crippen molar-refractivity contribution >= 4 is 15.8 Å². The largest absolute Gasteiger partial charge is 0.294 e. The summed E-state index contributed by atoms with van der Waals surface area (Å²) in [5, 5.41) is 0. The molecular formula is C12H14FNO3S. The maximum Gasteiger partial charge on any atom is 0.240 e. The number of halogens is 1. The van der Waals surface area contributed by atoms with E-state index in [4.69, 9.17) is 0 Å². The van der Waals surface area contributed by atoms with Gasteiger partial charge in [-0.2, -0.15) is 0 Å². The lowest BCUT2D eigenvalue weighted by atomic mass is 10.1. The van der Waals surface area contributed by atoms with Crippen molar-refractivity contribution in [3.63, 3.8) is 0 Å². The summed E-state index contributed by atoms with van der Waals surface area (Å²) in [5.41, 5.74) is -0.170. The van der Waals surface area contributed by atoms with Crippen molar-refractivity contribution in [2.75, 3.05) is 0 Å². The molecule has 98 valence electrons. The second-order valence-corrected chi connectivity index (χ2v) is 6.03. The van der Waals surface area contributed by atoms with Gasteiger partial charge in [-0.3, -0.25) is 4.79 Å². The number of sulfonamides is 1. The molecule has 18 heavy (non-hydrogen) atoms. The van der Waals surface area contributed by atoms with Crippen LogP contribution in [-0.4, -0.2) is 20.2 Å². The van der Waals surface area contributed by atoms with E-state index in [9.17, 15) is 17.6 Å². The third kappa shape index (κ3) is 2.76. The van der Waals surface area contributed by atoms with Gasteiger partial charge in [0.05, 0.1) is 10.5 Å². The van der Waals surface area contributed by atoms with Gasteiger partial charge in [0.1, 0.15) is 5.82 Å². The van der Waals surface area contributed by atoms with E-state index in [1.54, 1.807) is 6.92 Å². The normalized spacial score (nSPS) is 15.7. The molecule has 1 fully saturated rings. The van der Waals surface area contributed by atoms with E-state index in [-0.39, 0.29) is 22.9 Å². The summed E-state index contributed by atoms with van der Waals surface area (Å²) in [6, 6.07) is 3.27. The van der Waals surface area contributed by atoms with Gasteiger partial charge < -0.3 is 0 Å². The van der Waals surface area contributed by atoms with Gasteiger partial charge in [-0.1, -0.05) is 6.92 Å². The molecule has 0 aliphatic heterocycles. The van der Waals surface area contributed by atoms with Gasteiger partial charge in [-0.05, 0) is 31.0 Å². The van der Waals surface area contributed by atoms with Crippen LogP contribution >= 0.6 is 0 Å². The lowest BCUT2D eigenvalue weighted by Crippen LogP contribution is -2.26. The first-order chi connectivity index (χ1) is 8.44. The van der Waals surface area contributed by atoms with Crippen LogP contribution in [0.15, 0.2) is 23.1 Å². The maximum atomic E-state index is 13.4. The van der Waals surface area contributed by atoms with Crippen LogP contribution in [0.4, 0.5) is 4.39 Å². The van der Waals surface area contributed by atoms with Gasteiger partial charge in [0, 0.05) is 12.5 Å². The Bertz CT molecular complexity index is 579. The Labute approximate surface area is 105 Å². The Morgan fingerprint density at radius 2 is 2.11 bits per heavy atom. The van der Waals surface area contributed by atoms with Gasteiger partial charge in [0.25, 0.3) is 0 Å². The first kappa shape index (κ1) is 13.2. The van der Waals surface area contributed by atoms with Crippen LogP contribution in [0.1, 0.15) is 36.5 Å². The number of carbonyl (C=O) groups is 1. The Hall–Kier alpha value is -1.27. The molecule has 1 aliphatic carbocycles. The van der Waals surface area contributed by atoms with Crippen molar-refractivity contribution < 1.29 is 17.6 Å². The third-order valence-corrected chi connectivity index (χ3v) is 4.29. The lowest BCUT2D eigenvalue weighted by Gasteiger charge is -2.07. The molecular weight excluding hydrogens is 257 g/mol.